The van der Waals surface area contributed by atoms with Crippen LogP contribution in [0.3, 0.4) is 0 Å². The summed E-state index contributed by atoms with van der Waals surface area (Å²) in [5.41, 5.74) is 6.98. The molecule has 0 amide bonds. The number of hydrogen-bond donors (Lipinski definition) is 1. The van der Waals surface area contributed by atoms with E-state index in [0.29, 0.717) is 30.7 Å². The van der Waals surface area contributed by atoms with E-state index in [0.717, 1.165) is 57.9 Å². The third kappa shape index (κ3) is 5.03. The van der Waals surface area contributed by atoms with Crippen molar-refractivity contribution in [3.05, 3.63) is 36.1 Å². The first-order valence-corrected chi connectivity index (χ1v) is 10.6. The van der Waals surface area contributed by atoms with Gasteiger partial charge in [0.2, 0.25) is 0 Å². The maximum atomic E-state index is 6.05. The summed E-state index contributed by atoms with van der Waals surface area (Å²) in [5, 5.41) is 0. The molecule has 3 aliphatic heterocycles. The first-order valence-electron chi connectivity index (χ1n) is 10.6. The summed E-state index contributed by atoms with van der Waals surface area (Å²) in [6.07, 6.45) is 9.82. The van der Waals surface area contributed by atoms with Crippen molar-refractivity contribution < 1.29 is 14.2 Å². The fourth-order valence-electron chi connectivity index (χ4n) is 4.19. The van der Waals surface area contributed by atoms with E-state index < -0.39 is 0 Å². The zero-order chi connectivity index (χ0) is 20.1. The molecule has 7 nitrogen and oxygen atoms in total. The average molecular weight is 401 g/mol. The normalized spacial score (nSPS) is 22.7. The number of piperidine rings is 1. The van der Waals surface area contributed by atoms with Gasteiger partial charge < -0.3 is 29.7 Å². The molecule has 1 aromatic heterocycles. The van der Waals surface area contributed by atoms with Gasteiger partial charge in [0.15, 0.2) is 5.75 Å². The van der Waals surface area contributed by atoms with E-state index in [1.54, 1.807) is 7.11 Å². The smallest absolute Gasteiger partial charge is 0.259 e. The molecule has 0 radical (unpaired) electrons. The summed E-state index contributed by atoms with van der Waals surface area (Å²) in [4.78, 5) is 9.52. The largest absolute Gasteiger partial charge is 0.491 e. The quantitative estimate of drug-likeness (QED) is 0.752. The molecule has 0 aliphatic carbocycles. The van der Waals surface area contributed by atoms with Crippen LogP contribution in [0.2, 0.25) is 0 Å². The number of aromatic nitrogens is 1. The lowest BCUT2D eigenvalue weighted by molar-refractivity contribution is 0.135. The predicted octanol–water partition coefficient (Wildman–Crippen LogP) is 2.19. The van der Waals surface area contributed by atoms with E-state index in [1.807, 2.05) is 12.1 Å². The lowest BCUT2D eigenvalue weighted by Gasteiger charge is -2.35. The maximum Gasteiger partial charge on any atom is 0.259 e. The van der Waals surface area contributed by atoms with Crippen LogP contribution in [0, 0.1) is 5.92 Å². The third-order valence-corrected chi connectivity index (χ3v) is 5.88. The molecular formula is C22H32N4O3. The van der Waals surface area contributed by atoms with Gasteiger partial charge in [0, 0.05) is 45.3 Å². The summed E-state index contributed by atoms with van der Waals surface area (Å²) in [5.74, 6) is 2.90. The summed E-state index contributed by atoms with van der Waals surface area (Å²) in [6.45, 7) is 6.05. The Morgan fingerprint density at radius 1 is 1.24 bits per heavy atom. The van der Waals surface area contributed by atoms with E-state index >= 15 is 0 Å². The van der Waals surface area contributed by atoms with Crippen LogP contribution in [0.1, 0.15) is 19.3 Å². The number of ether oxygens (including phenoxy) is 3. The molecule has 2 fully saturated rings. The summed E-state index contributed by atoms with van der Waals surface area (Å²) >= 11 is 0. The van der Waals surface area contributed by atoms with Crippen molar-refractivity contribution in [1.29, 1.82) is 0 Å². The Bertz CT molecular complexity index is 738. The van der Waals surface area contributed by atoms with Crippen molar-refractivity contribution in [2.24, 2.45) is 11.7 Å². The van der Waals surface area contributed by atoms with Crippen LogP contribution in [-0.4, -0.2) is 69.0 Å². The highest BCUT2D eigenvalue weighted by Gasteiger charge is 2.24. The first kappa shape index (κ1) is 20.0. The Hall–Kier alpha value is -2.25. The molecule has 29 heavy (non-hydrogen) atoms. The number of nitrogens with zero attached hydrogens (tertiary/aromatic N) is 3. The Morgan fingerprint density at radius 3 is 2.83 bits per heavy atom. The number of anilines is 1. The van der Waals surface area contributed by atoms with E-state index in [-0.39, 0.29) is 6.10 Å². The van der Waals surface area contributed by atoms with Crippen LogP contribution in [0.15, 0.2) is 36.1 Å². The maximum absolute atomic E-state index is 6.05. The van der Waals surface area contributed by atoms with E-state index in [2.05, 4.69) is 28.2 Å². The van der Waals surface area contributed by atoms with Crippen molar-refractivity contribution in [2.45, 2.75) is 25.4 Å². The number of hydrogen-bond acceptors (Lipinski definition) is 7. The molecule has 2 N–H and O–H groups in total. The zero-order valence-corrected chi connectivity index (χ0v) is 17.3. The lowest BCUT2D eigenvalue weighted by atomic mass is 9.96. The van der Waals surface area contributed by atoms with E-state index in [4.69, 9.17) is 24.9 Å². The van der Waals surface area contributed by atoms with Gasteiger partial charge in [-0.1, -0.05) is 12.2 Å². The van der Waals surface area contributed by atoms with Gasteiger partial charge in [-0.05, 0) is 36.5 Å². The van der Waals surface area contributed by atoms with Crippen LogP contribution in [0.25, 0.3) is 0 Å². The van der Waals surface area contributed by atoms with Gasteiger partial charge >= 0.3 is 0 Å². The standard InChI is InChI=1S/C22H32N4O3/c1-27-20-4-5-21(24-22(20)29-19-8-12-28-16-19)26-10-6-17(7-11-26)14-25-9-2-3-18(13-23)15-25/h2-5,15,17,19H,6-14,16,23H2,1H3. The second-order valence-corrected chi connectivity index (χ2v) is 7.98. The molecule has 7 heteroatoms. The minimum absolute atomic E-state index is 0.0578. The van der Waals surface area contributed by atoms with Gasteiger partial charge in [-0.15, -0.1) is 0 Å². The fourth-order valence-corrected chi connectivity index (χ4v) is 4.19. The minimum Gasteiger partial charge on any atom is -0.491 e. The number of methoxy groups -OCH3 is 1. The SMILES string of the molecule is COc1ccc(N2CCC(CN3C=C(CN)C=CC3)CC2)nc1OC1CCOC1. The Labute approximate surface area is 173 Å². The number of pyridine rings is 1. The van der Waals surface area contributed by atoms with E-state index in [1.165, 1.54) is 5.57 Å². The summed E-state index contributed by atoms with van der Waals surface area (Å²) in [7, 11) is 1.65. The van der Waals surface area contributed by atoms with Crippen LogP contribution in [0.5, 0.6) is 11.6 Å². The summed E-state index contributed by atoms with van der Waals surface area (Å²) < 4.78 is 16.9. The molecule has 0 bridgehead atoms. The highest BCUT2D eigenvalue weighted by atomic mass is 16.6. The van der Waals surface area contributed by atoms with Gasteiger partial charge in [-0.25, -0.2) is 0 Å². The van der Waals surface area contributed by atoms with Gasteiger partial charge in [0.05, 0.1) is 20.3 Å². The molecule has 1 aromatic rings. The van der Waals surface area contributed by atoms with Crippen LogP contribution in [-0.2, 0) is 4.74 Å². The van der Waals surface area contributed by atoms with Gasteiger partial charge in [0.25, 0.3) is 5.88 Å². The molecular weight excluding hydrogens is 368 g/mol. The summed E-state index contributed by atoms with van der Waals surface area (Å²) in [6, 6.07) is 3.99. The van der Waals surface area contributed by atoms with Gasteiger partial charge in [-0.2, -0.15) is 4.98 Å². The van der Waals surface area contributed by atoms with Crippen molar-refractivity contribution in [1.82, 2.24) is 9.88 Å². The highest BCUT2D eigenvalue weighted by Crippen LogP contribution is 2.31. The Balaban J connectivity index is 1.34. The second kappa shape index (κ2) is 9.50. The predicted molar refractivity (Wildman–Crippen MR) is 113 cm³/mol. The fraction of sp³-hybridized carbons (Fsp3) is 0.591. The lowest BCUT2D eigenvalue weighted by Crippen LogP contribution is -2.38. The molecule has 4 heterocycles. The topological polar surface area (TPSA) is 73.1 Å². The Kier molecular flexibility index (Phi) is 6.56. The monoisotopic (exact) mass is 400 g/mol. The first-order chi connectivity index (χ1) is 14.2. The minimum atomic E-state index is 0.0578. The van der Waals surface area contributed by atoms with Gasteiger partial charge in [-0.3, -0.25) is 0 Å². The van der Waals surface area contributed by atoms with Crippen LogP contribution < -0.4 is 20.1 Å². The molecule has 158 valence electrons. The molecule has 2 saturated heterocycles. The highest BCUT2D eigenvalue weighted by molar-refractivity contribution is 5.47. The van der Waals surface area contributed by atoms with Crippen molar-refractivity contribution in [3.63, 3.8) is 0 Å². The average Bonchev–Trinajstić information content (AvgIpc) is 3.27. The molecule has 0 saturated carbocycles. The zero-order valence-electron chi connectivity index (χ0n) is 17.3. The molecule has 0 aromatic carbocycles. The third-order valence-electron chi connectivity index (χ3n) is 5.88. The van der Waals surface area contributed by atoms with Crippen LogP contribution in [0.4, 0.5) is 5.82 Å². The van der Waals surface area contributed by atoms with Crippen LogP contribution >= 0.6 is 0 Å². The van der Waals surface area contributed by atoms with E-state index in [9.17, 15) is 0 Å². The molecule has 3 aliphatic rings. The molecule has 0 spiro atoms. The van der Waals surface area contributed by atoms with Crippen molar-refractivity contribution in [2.75, 3.05) is 57.9 Å². The molecule has 1 atom stereocenters. The number of rotatable bonds is 7. The van der Waals surface area contributed by atoms with Crippen molar-refractivity contribution in [3.8, 4) is 11.6 Å². The van der Waals surface area contributed by atoms with Gasteiger partial charge in [0.1, 0.15) is 11.9 Å². The van der Waals surface area contributed by atoms with Crippen molar-refractivity contribution >= 4 is 5.82 Å². The number of nitrogens with two attached hydrogens (primary N) is 1. The second-order valence-electron chi connectivity index (χ2n) is 7.98. The molecule has 1 unspecified atom stereocenters. The molecule has 4 rings (SSSR count). The Morgan fingerprint density at radius 2 is 2.10 bits per heavy atom.